The molecule has 4 heterocycles. The summed E-state index contributed by atoms with van der Waals surface area (Å²) in [6.07, 6.45) is 3.08. The zero-order valence-corrected chi connectivity index (χ0v) is 20.5. The van der Waals surface area contributed by atoms with Gasteiger partial charge in [0, 0.05) is 55.3 Å². The summed E-state index contributed by atoms with van der Waals surface area (Å²) in [7, 11) is 1.38. The zero-order chi connectivity index (χ0) is 26.4. The molecule has 8 nitrogen and oxygen atoms in total. The van der Waals surface area contributed by atoms with Crippen molar-refractivity contribution in [1.82, 2.24) is 20.3 Å². The van der Waals surface area contributed by atoms with E-state index in [1.54, 1.807) is 12.4 Å². The highest BCUT2D eigenvalue weighted by Crippen LogP contribution is 2.40. The highest BCUT2D eigenvalue weighted by molar-refractivity contribution is 5.91. The van der Waals surface area contributed by atoms with Gasteiger partial charge in [-0.25, -0.2) is 18.2 Å². The molecule has 2 aromatic carbocycles. The quantitative estimate of drug-likeness (QED) is 0.354. The lowest BCUT2D eigenvalue weighted by molar-refractivity contribution is -0.0214. The molecule has 2 aliphatic heterocycles. The molecule has 0 bridgehead atoms. The molecule has 6 rings (SSSR count). The standard InChI is InChI=1S/C27H26F3N5O3/c1-37-25-8-23-22(7-20(25)30)33-27(34-23)19-10-31-9-18(14-4-15(28)6-16(29)5-14)26(19)35-3-2-21(24(36)11-35)32-17-12-38-13-17/h4-10,17,21,24,32,36H,2-3,11-13H2,1H3,(H,33,34)/t21-,24+/m1/s1. The molecule has 3 N–H and O–H groups in total. The summed E-state index contributed by atoms with van der Waals surface area (Å²) in [6.45, 7) is 2.07. The molecule has 0 saturated carbocycles. The SMILES string of the molecule is COc1cc2nc(-c3cncc(-c4cc(F)cc(F)c4)c3N3CC[C@@H](NC4COC4)[C@@H](O)C3)[nH]c2cc1F. The van der Waals surface area contributed by atoms with E-state index in [9.17, 15) is 18.3 Å². The summed E-state index contributed by atoms with van der Waals surface area (Å²) in [5.41, 5.74) is 2.89. The van der Waals surface area contributed by atoms with Gasteiger partial charge in [0.25, 0.3) is 0 Å². The highest BCUT2D eigenvalue weighted by Gasteiger charge is 2.33. The van der Waals surface area contributed by atoms with Gasteiger partial charge in [-0.1, -0.05) is 0 Å². The van der Waals surface area contributed by atoms with Crippen molar-refractivity contribution in [3.63, 3.8) is 0 Å². The monoisotopic (exact) mass is 525 g/mol. The number of halogens is 3. The van der Waals surface area contributed by atoms with E-state index in [4.69, 9.17) is 9.47 Å². The molecular formula is C27H26F3N5O3. The van der Waals surface area contributed by atoms with E-state index in [2.05, 4.69) is 20.3 Å². The Bertz CT molecular complexity index is 1470. The van der Waals surface area contributed by atoms with Crippen molar-refractivity contribution in [1.29, 1.82) is 0 Å². The summed E-state index contributed by atoms with van der Waals surface area (Å²) < 4.78 is 53.1. The molecular weight excluding hydrogens is 499 g/mol. The highest BCUT2D eigenvalue weighted by atomic mass is 19.1. The summed E-state index contributed by atoms with van der Waals surface area (Å²) in [5.74, 6) is -1.50. The van der Waals surface area contributed by atoms with E-state index < -0.39 is 23.6 Å². The molecule has 0 spiro atoms. The van der Waals surface area contributed by atoms with Crippen molar-refractivity contribution in [3.05, 3.63) is 60.2 Å². The maximum atomic E-state index is 14.4. The Morgan fingerprint density at radius 1 is 1.08 bits per heavy atom. The van der Waals surface area contributed by atoms with Gasteiger partial charge in [-0.2, -0.15) is 0 Å². The lowest BCUT2D eigenvalue weighted by Gasteiger charge is -2.41. The van der Waals surface area contributed by atoms with E-state index >= 15 is 0 Å². The van der Waals surface area contributed by atoms with Crippen molar-refractivity contribution in [2.24, 2.45) is 0 Å². The van der Waals surface area contributed by atoms with Crippen molar-refractivity contribution in [2.45, 2.75) is 24.6 Å². The second-order valence-corrected chi connectivity index (χ2v) is 9.64. The minimum Gasteiger partial charge on any atom is -0.494 e. The number of ether oxygens (including phenoxy) is 2. The minimum atomic E-state index is -0.715. The van der Waals surface area contributed by atoms with Gasteiger partial charge >= 0.3 is 0 Å². The molecule has 0 unspecified atom stereocenters. The van der Waals surface area contributed by atoms with Gasteiger partial charge in [-0.05, 0) is 24.1 Å². The fraction of sp³-hybridized carbons (Fsp3) is 0.333. The topological polar surface area (TPSA) is 95.5 Å². The number of hydrogen-bond donors (Lipinski definition) is 3. The molecule has 11 heteroatoms. The van der Waals surface area contributed by atoms with E-state index in [0.29, 0.717) is 65.4 Å². The molecule has 2 atom stereocenters. The average molecular weight is 526 g/mol. The van der Waals surface area contributed by atoms with Crippen LogP contribution < -0.4 is 15.0 Å². The van der Waals surface area contributed by atoms with Crippen LogP contribution in [0.5, 0.6) is 5.75 Å². The molecule has 38 heavy (non-hydrogen) atoms. The van der Waals surface area contributed by atoms with Crippen LogP contribution in [0, 0.1) is 17.5 Å². The first-order valence-corrected chi connectivity index (χ1v) is 12.3. The maximum absolute atomic E-state index is 14.4. The predicted molar refractivity (Wildman–Crippen MR) is 136 cm³/mol. The number of β-amino-alcohol motifs (C(OH)–C–C–N with tert-alkyl or cyclic N) is 1. The Labute approximate surface area is 216 Å². The van der Waals surface area contributed by atoms with Crippen LogP contribution in [0.2, 0.25) is 0 Å². The van der Waals surface area contributed by atoms with Crippen LogP contribution in [-0.2, 0) is 4.74 Å². The molecule has 0 aliphatic carbocycles. The van der Waals surface area contributed by atoms with Crippen molar-refractivity contribution in [2.75, 3.05) is 38.3 Å². The molecule has 198 valence electrons. The van der Waals surface area contributed by atoms with Gasteiger partial charge in [-0.3, -0.25) is 4.98 Å². The number of nitrogens with zero attached hydrogens (tertiary/aromatic N) is 3. The second kappa shape index (κ2) is 9.90. The van der Waals surface area contributed by atoms with Crippen LogP contribution in [0.4, 0.5) is 18.9 Å². The number of nitrogens with one attached hydrogen (secondary N) is 2. The zero-order valence-electron chi connectivity index (χ0n) is 20.5. The number of aliphatic hydroxyl groups is 1. The molecule has 2 saturated heterocycles. The smallest absolute Gasteiger partial charge is 0.167 e. The number of pyridine rings is 1. The fourth-order valence-corrected chi connectivity index (χ4v) is 5.15. The number of fused-ring (bicyclic) bond motifs is 1. The van der Waals surface area contributed by atoms with E-state index in [0.717, 1.165) is 6.07 Å². The number of methoxy groups -OCH3 is 1. The first kappa shape index (κ1) is 24.7. The molecule has 2 aromatic heterocycles. The van der Waals surface area contributed by atoms with Crippen LogP contribution in [0.15, 0.2) is 42.7 Å². The minimum absolute atomic E-state index is 0.0624. The van der Waals surface area contributed by atoms with Crippen LogP contribution in [0.25, 0.3) is 33.5 Å². The summed E-state index contributed by atoms with van der Waals surface area (Å²) in [4.78, 5) is 14.1. The number of benzene rings is 2. The number of aliphatic hydroxyl groups excluding tert-OH is 1. The number of H-pyrrole nitrogens is 1. The first-order valence-electron chi connectivity index (χ1n) is 12.3. The van der Waals surface area contributed by atoms with Crippen LogP contribution >= 0.6 is 0 Å². The van der Waals surface area contributed by atoms with E-state index in [1.165, 1.54) is 31.4 Å². The number of aromatic amines is 1. The van der Waals surface area contributed by atoms with Gasteiger partial charge in [0.2, 0.25) is 0 Å². The number of piperidine rings is 1. The normalized spacial score (nSPS) is 20.1. The molecule has 2 aliphatic rings. The third-order valence-electron chi connectivity index (χ3n) is 7.09. The fourth-order valence-electron chi connectivity index (χ4n) is 5.15. The summed E-state index contributed by atoms with van der Waals surface area (Å²) in [5, 5.41) is 14.5. The van der Waals surface area contributed by atoms with Crippen LogP contribution in [0.3, 0.4) is 0 Å². The van der Waals surface area contributed by atoms with Crippen LogP contribution in [-0.4, -0.2) is 71.7 Å². The lowest BCUT2D eigenvalue weighted by atomic mass is 9.96. The number of anilines is 1. The third-order valence-corrected chi connectivity index (χ3v) is 7.09. The van der Waals surface area contributed by atoms with E-state index in [1.807, 2.05) is 4.90 Å². The van der Waals surface area contributed by atoms with Gasteiger partial charge in [0.15, 0.2) is 11.6 Å². The Balaban J connectivity index is 1.45. The Hall–Kier alpha value is -3.67. The van der Waals surface area contributed by atoms with Crippen molar-refractivity contribution >= 4 is 16.7 Å². The van der Waals surface area contributed by atoms with Gasteiger partial charge in [-0.15, -0.1) is 0 Å². The number of imidazole rings is 1. The predicted octanol–water partition coefficient (Wildman–Crippen LogP) is 3.65. The Morgan fingerprint density at radius 3 is 2.53 bits per heavy atom. The van der Waals surface area contributed by atoms with Crippen LogP contribution in [0.1, 0.15) is 6.42 Å². The molecule has 0 amide bonds. The summed E-state index contributed by atoms with van der Waals surface area (Å²) >= 11 is 0. The molecule has 2 fully saturated rings. The lowest BCUT2D eigenvalue weighted by Crippen LogP contribution is -2.59. The number of rotatable bonds is 6. The molecule has 0 radical (unpaired) electrons. The maximum Gasteiger partial charge on any atom is 0.167 e. The number of aromatic nitrogens is 3. The van der Waals surface area contributed by atoms with Crippen molar-refractivity contribution < 1.29 is 27.8 Å². The average Bonchev–Trinajstić information content (AvgIpc) is 3.28. The van der Waals surface area contributed by atoms with Gasteiger partial charge in [0.05, 0.1) is 54.8 Å². The Kier molecular flexibility index (Phi) is 6.42. The second-order valence-electron chi connectivity index (χ2n) is 9.64. The van der Waals surface area contributed by atoms with Gasteiger partial charge in [0.1, 0.15) is 17.5 Å². The van der Waals surface area contributed by atoms with Crippen molar-refractivity contribution in [3.8, 4) is 28.3 Å². The first-order chi connectivity index (χ1) is 18.4. The van der Waals surface area contributed by atoms with Gasteiger partial charge < -0.3 is 29.8 Å². The Morgan fingerprint density at radius 2 is 1.84 bits per heavy atom. The largest absolute Gasteiger partial charge is 0.494 e. The number of hydrogen-bond acceptors (Lipinski definition) is 7. The van der Waals surface area contributed by atoms with E-state index in [-0.39, 0.29) is 24.4 Å². The molecule has 4 aromatic rings. The summed E-state index contributed by atoms with van der Waals surface area (Å²) in [6, 6.07) is 6.20. The third kappa shape index (κ3) is 4.57.